The summed E-state index contributed by atoms with van der Waals surface area (Å²) in [4.78, 5) is 12.2. The van der Waals surface area contributed by atoms with Crippen LogP contribution in [0, 0.1) is 11.8 Å². The average molecular weight is 367 g/mol. The number of amides is 1. The van der Waals surface area contributed by atoms with Gasteiger partial charge in [-0.1, -0.05) is 35.9 Å². The highest BCUT2D eigenvalue weighted by atomic mass is 35.5. The first-order valence-electron chi connectivity index (χ1n) is 8.70. The molecule has 0 heterocycles. The maximum absolute atomic E-state index is 12.2. The molecule has 2 aliphatic carbocycles. The van der Waals surface area contributed by atoms with Crippen LogP contribution in [0.15, 0.2) is 65.8 Å². The minimum absolute atomic E-state index is 0.183. The molecule has 0 aliphatic heterocycles. The zero-order valence-electron chi connectivity index (χ0n) is 14.2. The van der Waals surface area contributed by atoms with Crippen LogP contribution < -0.4 is 10.2 Å². The lowest BCUT2D eigenvalue weighted by molar-refractivity contribution is 0.0954. The van der Waals surface area contributed by atoms with Gasteiger partial charge in [0.2, 0.25) is 0 Å². The van der Waals surface area contributed by atoms with Crippen LogP contribution in [-0.2, 0) is 6.61 Å². The largest absolute Gasteiger partial charge is 0.489 e. The summed E-state index contributed by atoms with van der Waals surface area (Å²) in [6.07, 6.45) is 6.45. The molecule has 1 saturated carbocycles. The Morgan fingerprint density at radius 2 is 1.92 bits per heavy atom. The van der Waals surface area contributed by atoms with Crippen molar-refractivity contribution in [3.8, 4) is 5.75 Å². The number of nitrogens with zero attached hydrogens (tertiary/aromatic N) is 1. The number of allylic oxidation sites excluding steroid dienone is 2. The summed E-state index contributed by atoms with van der Waals surface area (Å²) in [5.41, 5.74) is 5.35. The molecule has 2 atom stereocenters. The van der Waals surface area contributed by atoms with Gasteiger partial charge in [0.1, 0.15) is 12.4 Å². The average Bonchev–Trinajstić information content (AvgIpc) is 3.02. The van der Waals surface area contributed by atoms with Gasteiger partial charge in [0.05, 0.1) is 0 Å². The molecular weight excluding hydrogens is 348 g/mol. The van der Waals surface area contributed by atoms with Gasteiger partial charge >= 0.3 is 0 Å². The molecule has 1 fully saturated rings. The predicted molar refractivity (Wildman–Crippen MR) is 102 cm³/mol. The van der Waals surface area contributed by atoms with Crippen molar-refractivity contribution in [1.29, 1.82) is 0 Å². The Hall–Kier alpha value is -2.59. The number of hydrazone groups is 1. The highest BCUT2D eigenvalue weighted by Crippen LogP contribution is 2.40. The first-order valence-corrected chi connectivity index (χ1v) is 9.07. The quantitative estimate of drug-likeness (QED) is 0.621. The van der Waals surface area contributed by atoms with Crippen LogP contribution in [0.4, 0.5) is 0 Å². The molecule has 0 unspecified atom stereocenters. The second-order valence-electron chi connectivity index (χ2n) is 6.62. The molecule has 1 N–H and O–H groups in total. The lowest BCUT2D eigenvalue weighted by Crippen LogP contribution is -2.35. The Labute approximate surface area is 157 Å². The van der Waals surface area contributed by atoms with E-state index >= 15 is 0 Å². The topological polar surface area (TPSA) is 50.7 Å². The number of hydrogen-bond donors (Lipinski definition) is 1. The van der Waals surface area contributed by atoms with Crippen LogP contribution in [0.25, 0.3) is 0 Å². The molecule has 1 amide bonds. The van der Waals surface area contributed by atoms with Gasteiger partial charge in [0, 0.05) is 22.2 Å². The van der Waals surface area contributed by atoms with Gasteiger partial charge < -0.3 is 4.74 Å². The Morgan fingerprint density at radius 1 is 1.15 bits per heavy atom. The summed E-state index contributed by atoms with van der Waals surface area (Å²) in [7, 11) is 0. The number of fused-ring (bicyclic) bond motifs is 1. The number of ether oxygens (including phenoxy) is 1. The Morgan fingerprint density at radius 3 is 2.65 bits per heavy atom. The Balaban J connectivity index is 1.30. The van der Waals surface area contributed by atoms with E-state index in [0.29, 0.717) is 29.0 Å². The van der Waals surface area contributed by atoms with Gasteiger partial charge in [-0.2, -0.15) is 5.10 Å². The second-order valence-corrected chi connectivity index (χ2v) is 7.06. The molecule has 4 nitrogen and oxygen atoms in total. The van der Waals surface area contributed by atoms with Crippen molar-refractivity contribution in [2.75, 3.05) is 0 Å². The van der Waals surface area contributed by atoms with E-state index in [2.05, 4.69) is 22.7 Å². The van der Waals surface area contributed by atoms with E-state index < -0.39 is 0 Å². The number of halogens is 1. The monoisotopic (exact) mass is 366 g/mol. The van der Waals surface area contributed by atoms with Crippen LogP contribution in [0.2, 0.25) is 5.02 Å². The summed E-state index contributed by atoms with van der Waals surface area (Å²) in [6, 6.07) is 14.6. The third-order valence-electron chi connectivity index (χ3n) is 4.90. The number of carbonyl (C=O) groups is 1. The highest BCUT2D eigenvalue weighted by molar-refractivity contribution is 6.30. The third-order valence-corrected chi connectivity index (χ3v) is 5.15. The summed E-state index contributed by atoms with van der Waals surface area (Å²) in [5.74, 6) is 1.71. The predicted octanol–water partition coefficient (Wildman–Crippen LogP) is 4.60. The fourth-order valence-electron chi connectivity index (χ4n) is 3.30. The first-order chi connectivity index (χ1) is 12.7. The number of benzene rings is 2. The SMILES string of the molecule is O=C(N/N=C1/C[C@H]2C=CC[C@@H]12)c1ccc(COc2ccc(Cl)cc2)cc1. The fourth-order valence-corrected chi connectivity index (χ4v) is 3.43. The molecule has 0 spiro atoms. The minimum atomic E-state index is -0.183. The standard InChI is InChI=1S/C21H19ClN2O2/c22-17-8-10-18(11-9-17)26-13-14-4-6-15(7-5-14)21(25)24-23-20-12-16-2-1-3-19(16)20/h1-2,4-11,16,19H,3,12-13H2,(H,24,25)/b23-20-/t16-,19-/m1/s1. The van der Waals surface area contributed by atoms with E-state index in [4.69, 9.17) is 16.3 Å². The molecule has 2 aromatic carbocycles. The van der Waals surface area contributed by atoms with E-state index in [1.165, 1.54) is 0 Å². The van der Waals surface area contributed by atoms with Crippen molar-refractivity contribution < 1.29 is 9.53 Å². The van der Waals surface area contributed by atoms with Crippen molar-refractivity contribution >= 4 is 23.2 Å². The maximum atomic E-state index is 12.2. The van der Waals surface area contributed by atoms with Crippen LogP contribution in [0.1, 0.15) is 28.8 Å². The van der Waals surface area contributed by atoms with Gasteiger partial charge in [0.15, 0.2) is 0 Å². The van der Waals surface area contributed by atoms with Gasteiger partial charge in [-0.05, 0) is 60.7 Å². The molecule has 0 radical (unpaired) electrons. The number of carbonyl (C=O) groups excluding carboxylic acids is 1. The fraction of sp³-hybridized carbons (Fsp3) is 0.238. The number of rotatable bonds is 5. The van der Waals surface area contributed by atoms with Crippen molar-refractivity contribution in [3.63, 3.8) is 0 Å². The van der Waals surface area contributed by atoms with Gasteiger partial charge in [-0.3, -0.25) is 4.79 Å². The van der Waals surface area contributed by atoms with Gasteiger partial charge in [0.25, 0.3) is 5.91 Å². The van der Waals surface area contributed by atoms with E-state index in [1.54, 1.807) is 24.3 Å². The van der Waals surface area contributed by atoms with E-state index in [1.807, 2.05) is 24.3 Å². The highest BCUT2D eigenvalue weighted by Gasteiger charge is 2.37. The minimum Gasteiger partial charge on any atom is -0.489 e. The van der Waals surface area contributed by atoms with Crippen LogP contribution in [0.5, 0.6) is 5.75 Å². The molecule has 5 heteroatoms. The molecular formula is C21H19ClN2O2. The van der Waals surface area contributed by atoms with Crippen molar-refractivity contribution in [2.24, 2.45) is 16.9 Å². The second kappa shape index (κ2) is 7.34. The lowest BCUT2D eigenvalue weighted by Gasteiger charge is -2.31. The van der Waals surface area contributed by atoms with Crippen LogP contribution >= 0.6 is 11.6 Å². The summed E-state index contributed by atoms with van der Waals surface area (Å²) in [5, 5.41) is 4.97. The Kier molecular flexibility index (Phi) is 4.76. The van der Waals surface area contributed by atoms with Crippen molar-refractivity contribution in [3.05, 3.63) is 76.8 Å². The lowest BCUT2D eigenvalue weighted by atomic mass is 9.74. The number of nitrogens with one attached hydrogen (secondary N) is 1. The molecule has 0 aromatic heterocycles. The van der Waals surface area contributed by atoms with E-state index in [0.717, 1.165) is 29.9 Å². The molecule has 2 aliphatic rings. The van der Waals surface area contributed by atoms with Crippen molar-refractivity contribution in [1.82, 2.24) is 5.43 Å². The molecule has 2 aromatic rings. The third kappa shape index (κ3) is 3.65. The first kappa shape index (κ1) is 16.9. The Bertz CT molecular complexity index is 857. The van der Waals surface area contributed by atoms with Crippen LogP contribution in [0.3, 0.4) is 0 Å². The molecule has 0 saturated heterocycles. The summed E-state index contributed by atoms with van der Waals surface area (Å²) in [6.45, 7) is 0.432. The number of hydrogen-bond acceptors (Lipinski definition) is 3. The maximum Gasteiger partial charge on any atom is 0.271 e. The summed E-state index contributed by atoms with van der Waals surface area (Å²) < 4.78 is 5.70. The van der Waals surface area contributed by atoms with Gasteiger partial charge in [-0.15, -0.1) is 0 Å². The smallest absolute Gasteiger partial charge is 0.271 e. The molecule has 0 bridgehead atoms. The zero-order valence-corrected chi connectivity index (χ0v) is 14.9. The van der Waals surface area contributed by atoms with Crippen LogP contribution in [-0.4, -0.2) is 11.6 Å². The van der Waals surface area contributed by atoms with Gasteiger partial charge in [-0.25, -0.2) is 5.43 Å². The summed E-state index contributed by atoms with van der Waals surface area (Å²) >= 11 is 5.85. The molecule has 132 valence electrons. The normalized spacial score (nSPS) is 22.0. The van der Waals surface area contributed by atoms with E-state index in [9.17, 15) is 4.79 Å². The van der Waals surface area contributed by atoms with E-state index in [-0.39, 0.29) is 5.91 Å². The molecule has 4 rings (SSSR count). The zero-order chi connectivity index (χ0) is 17.9. The molecule has 26 heavy (non-hydrogen) atoms. The van der Waals surface area contributed by atoms with Crippen molar-refractivity contribution in [2.45, 2.75) is 19.4 Å².